The van der Waals surface area contributed by atoms with Crippen molar-refractivity contribution in [3.05, 3.63) is 45.4 Å². The van der Waals surface area contributed by atoms with Crippen LogP contribution in [0.4, 0.5) is 0 Å². The lowest BCUT2D eigenvalue weighted by atomic mass is 9.91. The molecule has 2 aliphatic rings. The Kier molecular flexibility index (Phi) is 5.65. The van der Waals surface area contributed by atoms with Crippen molar-refractivity contribution in [2.75, 3.05) is 34.1 Å². The maximum absolute atomic E-state index is 11.2. The molecule has 29 heavy (non-hydrogen) atoms. The molecule has 150 valence electrons. The van der Waals surface area contributed by atoms with Crippen LogP contribution in [0.5, 0.6) is 23.0 Å². The van der Waals surface area contributed by atoms with E-state index in [0.717, 1.165) is 35.0 Å². The molecule has 1 N–H and O–H groups in total. The maximum Gasteiger partial charge on any atom is 0.231 e. The Morgan fingerprint density at radius 2 is 2.21 bits per heavy atom. The maximum atomic E-state index is 11.2. The first-order valence-electron chi connectivity index (χ1n) is 9.30. The predicted octanol–water partition coefficient (Wildman–Crippen LogP) is 2.19. The summed E-state index contributed by atoms with van der Waals surface area (Å²) in [5.41, 5.74) is 2.71. The molecule has 0 aromatic heterocycles. The standard InChI is InChI=1S/C22H20BrNO5/c1-24-8-7-14-11-19-21(29-13-28-19)22(26-2)20(14)17(24)4-3-9-27-18-6-5-16(23)10-15(18)12-25/h5-6,10-12,17H,7-9,13H2,1-2H3/p+1/t17-/m0/s1. The number of fused-ring (bicyclic) bond motifs is 2. The number of hydrogen-bond acceptors (Lipinski definition) is 5. The Bertz CT molecular complexity index is 1010. The lowest BCUT2D eigenvalue weighted by Crippen LogP contribution is -3.10. The van der Waals surface area contributed by atoms with Crippen molar-refractivity contribution in [2.24, 2.45) is 0 Å². The van der Waals surface area contributed by atoms with E-state index in [9.17, 15) is 4.79 Å². The first-order chi connectivity index (χ1) is 14.1. The van der Waals surface area contributed by atoms with Crippen molar-refractivity contribution >= 4 is 22.2 Å². The highest BCUT2D eigenvalue weighted by Gasteiger charge is 2.35. The molecule has 2 atom stereocenters. The van der Waals surface area contributed by atoms with E-state index >= 15 is 0 Å². The van der Waals surface area contributed by atoms with E-state index in [1.165, 1.54) is 10.5 Å². The van der Waals surface area contributed by atoms with E-state index < -0.39 is 0 Å². The van der Waals surface area contributed by atoms with Crippen molar-refractivity contribution in [2.45, 2.75) is 12.5 Å². The number of likely N-dealkylation sites (N-methyl/N-ethyl adjacent to an activating group) is 1. The molecule has 6 nitrogen and oxygen atoms in total. The first-order valence-corrected chi connectivity index (χ1v) is 10.1. The highest BCUT2D eigenvalue weighted by molar-refractivity contribution is 9.10. The molecule has 0 fully saturated rings. The predicted molar refractivity (Wildman–Crippen MR) is 110 cm³/mol. The van der Waals surface area contributed by atoms with Gasteiger partial charge >= 0.3 is 0 Å². The average molecular weight is 459 g/mol. The monoisotopic (exact) mass is 458 g/mol. The number of aldehydes is 1. The van der Waals surface area contributed by atoms with Crippen molar-refractivity contribution in [3.8, 4) is 34.8 Å². The summed E-state index contributed by atoms with van der Waals surface area (Å²) >= 11 is 3.35. The second-order valence-corrected chi connectivity index (χ2v) is 7.82. The van der Waals surface area contributed by atoms with E-state index in [0.29, 0.717) is 22.8 Å². The molecule has 2 aromatic rings. The normalized spacial score (nSPS) is 19.0. The zero-order chi connectivity index (χ0) is 20.4. The Morgan fingerprint density at radius 3 is 3.00 bits per heavy atom. The highest BCUT2D eigenvalue weighted by atomic mass is 79.9. The Balaban J connectivity index is 1.59. The van der Waals surface area contributed by atoms with Crippen LogP contribution in [0.25, 0.3) is 0 Å². The van der Waals surface area contributed by atoms with Gasteiger partial charge in [-0.05, 0) is 35.7 Å². The third-order valence-electron chi connectivity index (χ3n) is 5.16. The van der Waals surface area contributed by atoms with Crippen LogP contribution >= 0.6 is 15.9 Å². The summed E-state index contributed by atoms with van der Waals surface area (Å²) in [6.07, 6.45) is 1.70. The third-order valence-corrected chi connectivity index (χ3v) is 5.66. The minimum Gasteiger partial charge on any atom is -0.492 e. The molecule has 0 amide bonds. The van der Waals surface area contributed by atoms with Crippen LogP contribution < -0.4 is 23.8 Å². The second-order valence-electron chi connectivity index (χ2n) is 6.91. The van der Waals surface area contributed by atoms with E-state index in [1.54, 1.807) is 19.2 Å². The molecule has 0 bridgehead atoms. The van der Waals surface area contributed by atoms with E-state index in [1.807, 2.05) is 12.1 Å². The van der Waals surface area contributed by atoms with Crippen LogP contribution in [0.1, 0.15) is 27.5 Å². The largest absolute Gasteiger partial charge is 0.492 e. The van der Waals surface area contributed by atoms with Gasteiger partial charge in [0.1, 0.15) is 12.4 Å². The van der Waals surface area contributed by atoms with Gasteiger partial charge in [0.15, 0.2) is 23.8 Å². The summed E-state index contributed by atoms with van der Waals surface area (Å²) in [7, 11) is 3.76. The Hall–Kier alpha value is -2.69. The zero-order valence-corrected chi connectivity index (χ0v) is 17.8. The number of carbonyl (C=O) groups is 1. The average Bonchev–Trinajstić information content (AvgIpc) is 3.19. The molecule has 4 rings (SSSR count). The van der Waals surface area contributed by atoms with Gasteiger partial charge in [-0.15, -0.1) is 0 Å². The summed E-state index contributed by atoms with van der Waals surface area (Å²) in [5.74, 6) is 9.03. The smallest absolute Gasteiger partial charge is 0.231 e. The summed E-state index contributed by atoms with van der Waals surface area (Å²) < 4.78 is 23.4. The summed E-state index contributed by atoms with van der Waals surface area (Å²) in [5, 5.41) is 0. The van der Waals surface area contributed by atoms with Crippen LogP contribution in [0.2, 0.25) is 0 Å². The van der Waals surface area contributed by atoms with Crippen molar-refractivity contribution in [3.63, 3.8) is 0 Å². The molecule has 7 heteroatoms. The van der Waals surface area contributed by atoms with Crippen LogP contribution in [-0.4, -0.2) is 40.4 Å². The van der Waals surface area contributed by atoms with Gasteiger partial charge in [0.05, 0.1) is 31.8 Å². The van der Waals surface area contributed by atoms with Gasteiger partial charge in [0, 0.05) is 10.9 Å². The van der Waals surface area contributed by atoms with Crippen molar-refractivity contribution < 1.29 is 28.6 Å². The van der Waals surface area contributed by atoms with Crippen molar-refractivity contribution in [1.29, 1.82) is 0 Å². The molecular weight excluding hydrogens is 438 g/mol. The number of quaternary nitrogens is 1. The van der Waals surface area contributed by atoms with E-state index in [4.69, 9.17) is 18.9 Å². The quantitative estimate of drug-likeness (QED) is 0.562. The lowest BCUT2D eigenvalue weighted by Gasteiger charge is -2.30. The SMILES string of the molecule is COc1c2c(cc3c1[C@H](C#CCOc1ccc(Br)cc1C=O)[NH+](C)CC3)OCO2. The summed E-state index contributed by atoms with van der Waals surface area (Å²) in [4.78, 5) is 12.5. The van der Waals surface area contributed by atoms with Gasteiger partial charge in [-0.25, -0.2) is 0 Å². The van der Waals surface area contributed by atoms with Crippen LogP contribution in [-0.2, 0) is 6.42 Å². The molecular formula is C22H21BrNO5+. The molecule has 0 saturated carbocycles. The number of nitrogens with one attached hydrogen (secondary N) is 1. The van der Waals surface area contributed by atoms with E-state index in [2.05, 4.69) is 34.8 Å². The lowest BCUT2D eigenvalue weighted by molar-refractivity contribution is -0.905. The zero-order valence-electron chi connectivity index (χ0n) is 16.2. The number of methoxy groups -OCH3 is 1. The minimum absolute atomic E-state index is 0.0674. The number of benzene rings is 2. The van der Waals surface area contributed by atoms with Gasteiger partial charge in [-0.3, -0.25) is 4.79 Å². The van der Waals surface area contributed by atoms with Crippen LogP contribution in [0.3, 0.4) is 0 Å². The number of hydrogen-bond donors (Lipinski definition) is 1. The fourth-order valence-electron chi connectivity index (χ4n) is 3.72. The van der Waals surface area contributed by atoms with Crippen molar-refractivity contribution in [1.82, 2.24) is 0 Å². The number of rotatable bonds is 4. The Labute approximate surface area is 177 Å². The minimum atomic E-state index is -0.0674. The summed E-state index contributed by atoms with van der Waals surface area (Å²) in [6.45, 7) is 1.35. The molecule has 0 saturated heterocycles. The van der Waals surface area contributed by atoms with Gasteiger partial charge in [-0.2, -0.15) is 0 Å². The molecule has 2 heterocycles. The third kappa shape index (κ3) is 3.78. The Morgan fingerprint density at radius 1 is 1.34 bits per heavy atom. The topological polar surface area (TPSA) is 58.4 Å². The van der Waals surface area contributed by atoms with Crippen LogP contribution in [0, 0.1) is 11.8 Å². The molecule has 0 spiro atoms. The molecule has 0 aliphatic carbocycles. The fraction of sp³-hybridized carbons (Fsp3) is 0.318. The van der Waals surface area contributed by atoms with Gasteiger partial charge in [0.25, 0.3) is 0 Å². The number of halogens is 1. The molecule has 2 aliphatic heterocycles. The first kappa shape index (κ1) is 19.6. The van der Waals surface area contributed by atoms with Gasteiger partial charge < -0.3 is 23.8 Å². The van der Waals surface area contributed by atoms with Gasteiger partial charge in [0.2, 0.25) is 12.5 Å². The molecule has 2 aromatic carbocycles. The summed E-state index contributed by atoms with van der Waals surface area (Å²) in [6, 6.07) is 7.28. The molecule has 1 unspecified atom stereocenters. The van der Waals surface area contributed by atoms with E-state index in [-0.39, 0.29) is 19.4 Å². The highest BCUT2D eigenvalue weighted by Crippen LogP contribution is 2.47. The molecule has 0 radical (unpaired) electrons. The van der Waals surface area contributed by atoms with Gasteiger partial charge in [-0.1, -0.05) is 21.9 Å². The number of carbonyl (C=O) groups excluding carboxylic acids is 1. The van der Waals surface area contributed by atoms with Crippen LogP contribution in [0.15, 0.2) is 28.7 Å². The number of ether oxygens (including phenoxy) is 4. The second kappa shape index (κ2) is 8.36. The fourth-order valence-corrected chi connectivity index (χ4v) is 4.10.